The summed E-state index contributed by atoms with van der Waals surface area (Å²) in [5.41, 5.74) is 0.181. The number of aromatic nitrogens is 1. The van der Waals surface area contributed by atoms with E-state index in [2.05, 4.69) is 10.3 Å². The van der Waals surface area contributed by atoms with Crippen LogP contribution in [-0.2, 0) is 14.8 Å². The monoisotopic (exact) mass is 455 g/mol. The number of hydrogen-bond donors (Lipinski definition) is 1. The van der Waals surface area contributed by atoms with Crippen molar-refractivity contribution in [2.45, 2.75) is 17.7 Å². The first-order valence-electron chi connectivity index (χ1n) is 9.07. The van der Waals surface area contributed by atoms with Crippen LogP contribution in [0.5, 0.6) is 0 Å². The molecule has 1 aliphatic rings. The third-order valence-electron chi connectivity index (χ3n) is 4.94. The minimum Gasteiger partial charge on any atom is -0.302 e. The van der Waals surface area contributed by atoms with Crippen LogP contribution in [0.2, 0.25) is 0 Å². The van der Waals surface area contributed by atoms with E-state index in [4.69, 9.17) is 0 Å². The van der Waals surface area contributed by atoms with Gasteiger partial charge >= 0.3 is 0 Å². The molecule has 0 atom stereocenters. The summed E-state index contributed by atoms with van der Waals surface area (Å²) in [5.74, 6) is -3.30. The fraction of sp³-hybridized carbons (Fsp3) is 0.263. The highest BCUT2D eigenvalue weighted by Gasteiger charge is 2.34. The molecule has 30 heavy (non-hydrogen) atoms. The van der Waals surface area contributed by atoms with E-state index in [1.165, 1.54) is 6.07 Å². The van der Waals surface area contributed by atoms with Gasteiger partial charge in [-0.2, -0.15) is 4.31 Å². The molecule has 0 unspecified atom stereocenters. The van der Waals surface area contributed by atoms with Gasteiger partial charge in [0, 0.05) is 25.1 Å². The lowest BCUT2D eigenvalue weighted by atomic mass is 9.97. The molecular weight excluding hydrogens is 439 g/mol. The van der Waals surface area contributed by atoms with Crippen molar-refractivity contribution in [2.24, 2.45) is 5.92 Å². The van der Waals surface area contributed by atoms with E-state index in [9.17, 15) is 26.4 Å². The van der Waals surface area contributed by atoms with Crippen molar-refractivity contribution in [3.63, 3.8) is 0 Å². The van der Waals surface area contributed by atoms with Gasteiger partial charge in [0.15, 0.2) is 5.13 Å². The molecule has 1 aromatic heterocycles. The molecule has 2 aromatic carbocycles. The number of carbonyl (C=O) groups excluding carboxylic acids is 1. The third-order valence-corrected chi connectivity index (χ3v) is 7.80. The zero-order valence-electron chi connectivity index (χ0n) is 15.4. The number of hydrogen-bond acceptors (Lipinski definition) is 5. The highest BCUT2D eigenvalue weighted by molar-refractivity contribution is 7.89. The lowest BCUT2D eigenvalue weighted by molar-refractivity contribution is -0.120. The van der Waals surface area contributed by atoms with Crippen LogP contribution in [0.4, 0.5) is 18.3 Å². The van der Waals surface area contributed by atoms with Gasteiger partial charge < -0.3 is 5.32 Å². The second-order valence-electron chi connectivity index (χ2n) is 6.85. The molecule has 0 aliphatic carbocycles. The second kappa shape index (κ2) is 7.97. The highest BCUT2D eigenvalue weighted by Crippen LogP contribution is 2.30. The normalized spacial score (nSPS) is 16.1. The molecular formula is C19H16F3N3O3S2. The second-order valence-corrected chi connectivity index (χ2v) is 9.78. The van der Waals surface area contributed by atoms with Gasteiger partial charge in [0.1, 0.15) is 27.9 Å². The van der Waals surface area contributed by atoms with Gasteiger partial charge in [0.2, 0.25) is 15.9 Å². The molecule has 4 rings (SSSR count). The molecule has 6 nitrogen and oxygen atoms in total. The molecule has 1 amide bonds. The maximum Gasteiger partial charge on any atom is 0.245 e. The molecule has 0 bridgehead atoms. The van der Waals surface area contributed by atoms with Crippen LogP contribution in [0.25, 0.3) is 10.2 Å². The number of benzene rings is 2. The van der Waals surface area contributed by atoms with Crippen LogP contribution in [0.3, 0.4) is 0 Å². The van der Waals surface area contributed by atoms with Crippen molar-refractivity contribution in [3.8, 4) is 0 Å². The average Bonchev–Trinajstić information content (AvgIpc) is 3.11. The molecule has 0 radical (unpaired) electrons. The number of anilines is 1. The van der Waals surface area contributed by atoms with Gasteiger partial charge in [-0.1, -0.05) is 17.4 Å². The molecule has 2 heterocycles. The number of para-hydroxylation sites is 1. The summed E-state index contributed by atoms with van der Waals surface area (Å²) < 4.78 is 67.7. The lowest BCUT2D eigenvalue weighted by Gasteiger charge is -2.30. The Kier molecular flexibility index (Phi) is 5.51. The quantitative estimate of drug-likeness (QED) is 0.650. The van der Waals surface area contributed by atoms with Crippen molar-refractivity contribution in [1.29, 1.82) is 0 Å². The van der Waals surface area contributed by atoms with Crippen LogP contribution in [-0.4, -0.2) is 36.7 Å². The molecule has 1 fully saturated rings. The topological polar surface area (TPSA) is 79.4 Å². The van der Waals surface area contributed by atoms with Crippen molar-refractivity contribution in [2.75, 3.05) is 18.4 Å². The number of piperidine rings is 1. The summed E-state index contributed by atoms with van der Waals surface area (Å²) in [5, 5.41) is 2.93. The Labute approximate surface area is 174 Å². The lowest BCUT2D eigenvalue weighted by Crippen LogP contribution is -2.41. The molecule has 11 heteroatoms. The van der Waals surface area contributed by atoms with Crippen LogP contribution >= 0.6 is 11.3 Å². The smallest absolute Gasteiger partial charge is 0.245 e. The minimum atomic E-state index is -4.13. The zero-order chi connectivity index (χ0) is 21.5. The molecule has 0 saturated carbocycles. The Morgan fingerprint density at radius 2 is 1.83 bits per heavy atom. The van der Waals surface area contributed by atoms with Crippen LogP contribution < -0.4 is 5.32 Å². The number of rotatable bonds is 4. The van der Waals surface area contributed by atoms with Crippen LogP contribution in [0.1, 0.15) is 12.8 Å². The van der Waals surface area contributed by atoms with Gasteiger partial charge in [0.25, 0.3) is 0 Å². The molecule has 0 spiro atoms. The summed E-state index contributed by atoms with van der Waals surface area (Å²) in [6, 6.07) is 6.84. The Balaban J connectivity index is 1.42. The Morgan fingerprint density at radius 1 is 1.10 bits per heavy atom. The first-order valence-corrected chi connectivity index (χ1v) is 11.3. The Morgan fingerprint density at radius 3 is 2.50 bits per heavy atom. The highest BCUT2D eigenvalue weighted by atomic mass is 32.2. The van der Waals surface area contributed by atoms with Gasteiger partial charge in [-0.05, 0) is 37.1 Å². The van der Waals surface area contributed by atoms with Crippen molar-refractivity contribution < 1.29 is 26.4 Å². The fourth-order valence-electron chi connectivity index (χ4n) is 3.36. The maximum atomic E-state index is 13.9. The predicted octanol–water partition coefficient (Wildman–Crippen LogP) is 3.75. The first kappa shape index (κ1) is 20.8. The number of thiazole rings is 1. The number of fused-ring (bicyclic) bond motifs is 1. The van der Waals surface area contributed by atoms with Gasteiger partial charge in [-0.25, -0.2) is 26.6 Å². The number of nitrogens with one attached hydrogen (secondary N) is 1. The number of halogens is 3. The van der Waals surface area contributed by atoms with Crippen molar-refractivity contribution >= 4 is 42.6 Å². The Hall–Kier alpha value is -2.50. The van der Waals surface area contributed by atoms with Crippen LogP contribution in [0.15, 0.2) is 41.3 Å². The largest absolute Gasteiger partial charge is 0.302 e. The summed E-state index contributed by atoms with van der Waals surface area (Å²) in [6.45, 7) is 0.0391. The zero-order valence-corrected chi connectivity index (χ0v) is 17.1. The number of carbonyl (C=O) groups is 1. The minimum absolute atomic E-state index is 0.0196. The van der Waals surface area contributed by atoms with E-state index in [0.29, 0.717) is 10.8 Å². The van der Waals surface area contributed by atoms with Gasteiger partial charge in [-0.15, -0.1) is 0 Å². The summed E-state index contributed by atoms with van der Waals surface area (Å²) >= 11 is 1.15. The molecule has 1 N–H and O–H groups in total. The molecule has 1 aliphatic heterocycles. The van der Waals surface area contributed by atoms with Crippen molar-refractivity contribution in [1.82, 2.24) is 9.29 Å². The molecule has 1 saturated heterocycles. The van der Waals surface area contributed by atoms with Crippen molar-refractivity contribution in [3.05, 3.63) is 53.8 Å². The summed E-state index contributed by atoms with van der Waals surface area (Å²) in [6.07, 6.45) is 0.459. The van der Waals surface area contributed by atoms with Gasteiger partial charge in [0.05, 0.1) is 4.70 Å². The van der Waals surface area contributed by atoms with E-state index in [0.717, 1.165) is 27.8 Å². The van der Waals surface area contributed by atoms with Gasteiger partial charge in [-0.3, -0.25) is 4.79 Å². The molecule has 158 valence electrons. The van der Waals surface area contributed by atoms with E-state index >= 15 is 0 Å². The standard InChI is InChI=1S/C19H16F3N3O3S2/c20-12-4-5-16(14(22)10-12)30(27,28)25-8-6-11(7-9-25)18(26)24-19-23-17-13(21)2-1-3-15(17)29-19/h1-5,10-11H,6-9H2,(H,23,24,26). The Bertz CT molecular complexity index is 1220. The van der Waals surface area contributed by atoms with E-state index in [1.807, 2.05) is 0 Å². The van der Waals surface area contributed by atoms with E-state index < -0.39 is 38.3 Å². The average molecular weight is 455 g/mol. The summed E-state index contributed by atoms with van der Waals surface area (Å²) in [4.78, 5) is 16.0. The number of amides is 1. The first-order chi connectivity index (χ1) is 14.3. The van der Waals surface area contributed by atoms with Crippen LogP contribution in [0, 0.1) is 23.4 Å². The molecule has 3 aromatic rings. The number of sulfonamides is 1. The SMILES string of the molecule is O=C(Nc1nc2c(F)cccc2s1)C1CCN(S(=O)(=O)c2ccc(F)cc2F)CC1. The number of nitrogens with zero attached hydrogens (tertiary/aromatic N) is 2. The van der Waals surface area contributed by atoms with E-state index in [-0.39, 0.29) is 42.5 Å². The maximum absolute atomic E-state index is 13.9. The van der Waals surface area contributed by atoms with E-state index in [1.54, 1.807) is 12.1 Å². The fourth-order valence-corrected chi connectivity index (χ4v) is 5.76. The predicted molar refractivity (Wildman–Crippen MR) is 106 cm³/mol. The summed E-state index contributed by atoms with van der Waals surface area (Å²) in [7, 11) is -4.13. The third kappa shape index (κ3) is 3.92.